The van der Waals surface area contributed by atoms with E-state index in [-0.39, 0.29) is 25.4 Å². The van der Waals surface area contributed by atoms with Crippen LogP contribution in [-0.4, -0.2) is 58.6 Å². The maximum atomic E-state index is 12.5. The Hall–Kier alpha value is -3.15. The molecule has 234 valence electrons. The molecule has 0 N–H and O–H groups in total. The highest BCUT2D eigenvalue weighted by molar-refractivity contribution is 7.86. The molecule has 5 rings (SSSR count). The van der Waals surface area contributed by atoms with Gasteiger partial charge >= 0.3 is 0 Å². The summed E-state index contributed by atoms with van der Waals surface area (Å²) in [6.07, 6.45) is -3.34. The minimum absolute atomic E-state index is 0.0641. The molecule has 1 aliphatic rings. The molecule has 8 nitrogen and oxygen atoms in total. The lowest BCUT2D eigenvalue weighted by Gasteiger charge is -2.45. The number of hydrogen-bond acceptors (Lipinski definition) is 8. The highest BCUT2D eigenvalue weighted by Crippen LogP contribution is 2.32. The standard InChI is InChI=1S/C35H40O8S/c1-3-42-44(36,37)21-20-31-32(39-25-28-18-19-29-16-10-11-17-30(29)22-28)33(40-23-26-12-6-4-7-13-26)34(35(38-2)43-31)41-24-27-14-8-5-9-15-27/h4-19,22,31-35H,3,20-21,23-25H2,1-2H3/t31-,32-,33+,34-,35+/m1/s1. The zero-order valence-electron chi connectivity index (χ0n) is 25.1. The third-order valence-electron chi connectivity index (χ3n) is 7.60. The number of ether oxygens (including phenoxy) is 5. The van der Waals surface area contributed by atoms with Crippen LogP contribution in [0.4, 0.5) is 0 Å². The minimum atomic E-state index is -3.75. The Morgan fingerprint density at radius 1 is 0.659 bits per heavy atom. The summed E-state index contributed by atoms with van der Waals surface area (Å²) in [5, 5.41) is 2.24. The fourth-order valence-corrected chi connectivity index (χ4v) is 6.42. The summed E-state index contributed by atoms with van der Waals surface area (Å²) in [5.74, 6) is -0.237. The first-order valence-corrected chi connectivity index (χ1v) is 16.5. The van der Waals surface area contributed by atoms with Gasteiger partial charge in [-0.25, -0.2) is 0 Å². The van der Waals surface area contributed by atoms with Gasteiger partial charge in [-0.1, -0.05) is 97.1 Å². The van der Waals surface area contributed by atoms with Crippen LogP contribution in [0.25, 0.3) is 10.8 Å². The van der Waals surface area contributed by atoms with E-state index in [2.05, 4.69) is 24.3 Å². The van der Waals surface area contributed by atoms with Crippen LogP contribution in [-0.2, 0) is 57.8 Å². The van der Waals surface area contributed by atoms with E-state index in [0.717, 1.165) is 27.5 Å². The molecular formula is C35H40O8S. The predicted octanol–water partition coefficient (Wildman–Crippen LogP) is 6.02. The monoisotopic (exact) mass is 620 g/mol. The van der Waals surface area contributed by atoms with Gasteiger partial charge in [0.25, 0.3) is 10.1 Å². The fourth-order valence-electron chi connectivity index (χ4n) is 5.42. The van der Waals surface area contributed by atoms with E-state index in [1.807, 2.05) is 78.9 Å². The van der Waals surface area contributed by atoms with Gasteiger partial charge in [-0.05, 0) is 46.9 Å². The Labute approximate surface area is 259 Å². The lowest BCUT2D eigenvalue weighted by atomic mass is 9.96. The first-order chi connectivity index (χ1) is 21.5. The SMILES string of the molecule is CCOS(=O)(=O)CC[C@H]1O[C@H](OC)[C@H](OCc2ccccc2)[C@@H](OCc2ccccc2)[C@@H]1OCc1ccc2ccccc2c1. The smallest absolute Gasteiger partial charge is 0.267 e. The van der Waals surface area contributed by atoms with Crippen molar-refractivity contribution in [2.24, 2.45) is 0 Å². The third-order valence-corrected chi connectivity index (χ3v) is 8.93. The van der Waals surface area contributed by atoms with E-state index in [1.54, 1.807) is 14.0 Å². The molecule has 0 aromatic heterocycles. The Morgan fingerprint density at radius 2 is 1.23 bits per heavy atom. The van der Waals surface area contributed by atoms with Gasteiger partial charge in [-0.15, -0.1) is 0 Å². The number of benzene rings is 4. The lowest BCUT2D eigenvalue weighted by molar-refractivity contribution is -0.317. The number of hydrogen-bond donors (Lipinski definition) is 0. The summed E-state index contributed by atoms with van der Waals surface area (Å²) >= 11 is 0. The molecule has 9 heteroatoms. The molecule has 0 spiro atoms. The number of rotatable bonds is 15. The average Bonchev–Trinajstić information content (AvgIpc) is 3.05. The molecule has 0 amide bonds. The first kappa shape index (κ1) is 32.2. The van der Waals surface area contributed by atoms with Crippen molar-refractivity contribution in [3.8, 4) is 0 Å². The Balaban J connectivity index is 1.44. The van der Waals surface area contributed by atoms with Gasteiger partial charge in [-0.3, -0.25) is 4.18 Å². The molecule has 4 aromatic carbocycles. The van der Waals surface area contributed by atoms with Crippen LogP contribution in [0.3, 0.4) is 0 Å². The van der Waals surface area contributed by atoms with Crippen molar-refractivity contribution in [1.82, 2.24) is 0 Å². The van der Waals surface area contributed by atoms with Crippen LogP contribution >= 0.6 is 0 Å². The van der Waals surface area contributed by atoms with E-state index in [9.17, 15) is 8.42 Å². The molecule has 1 heterocycles. The second-order valence-corrected chi connectivity index (χ2v) is 12.5. The summed E-state index contributed by atoms with van der Waals surface area (Å²) in [7, 11) is -2.21. The van der Waals surface area contributed by atoms with E-state index in [1.165, 1.54) is 0 Å². The van der Waals surface area contributed by atoms with Crippen LogP contribution in [0.5, 0.6) is 0 Å². The van der Waals surface area contributed by atoms with Crippen molar-refractivity contribution < 1.29 is 36.3 Å². The van der Waals surface area contributed by atoms with E-state index in [0.29, 0.717) is 13.2 Å². The van der Waals surface area contributed by atoms with Gasteiger partial charge in [0, 0.05) is 7.11 Å². The number of methoxy groups -OCH3 is 1. The highest BCUT2D eigenvalue weighted by atomic mass is 32.2. The quantitative estimate of drug-likeness (QED) is 0.149. The summed E-state index contributed by atoms with van der Waals surface area (Å²) in [6, 6.07) is 34.0. The van der Waals surface area contributed by atoms with E-state index in [4.69, 9.17) is 27.9 Å². The fraction of sp³-hybridized carbons (Fsp3) is 0.371. The zero-order chi connectivity index (χ0) is 30.8. The van der Waals surface area contributed by atoms with Crippen molar-refractivity contribution in [3.05, 3.63) is 120 Å². The topological polar surface area (TPSA) is 89.5 Å². The molecule has 1 fully saturated rings. The van der Waals surface area contributed by atoms with E-state index < -0.39 is 40.8 Å². The van der Waals surface area contributed by atoms with Crippen molar-refractivity contribution in [2.45, 2.75) is 63.9 Å². The van der Waals surface area contributed by atoms with Gasteiger partial charge < -0.3 is 23.7 Å². The molecular weight excluding hydrogens is 580 g/mol. The van der Waals surface area contributed by atoms with Crippen molar-refractivity contribution in [3.63, 3.8) is 0 Å². The normalized spacial score (nSPS) is 22.3. The summed E-state index contributed by atoms with van der Waals surface area (Å²) in [4.78, 5) is 0. The second-order valence-electron chi connectivity index (χ2n) is 10.7. The molecule has 1 aliphatic heterocycles. The minimum Gasteiger partial charge on any atom is -0.368 e. The molecule has 4 aromatic rings. The maximum absolute atomic E-state index is 12.5. The molecule has 0 saturated carbocycles. The predicted molar refractivity (Wildman–Crippen MR) is 168 cm³/mol. The van der Waals surface area contributed by atoms with Crippen LogP contribution in [0.2, 0.25) is 0 Å². The molecule has 44 heavy (non-hydrogen) atoms. The van der Waals surface area contributed by atoms with Crippen LogP contribution in [0, 0.1) is 0 Å². The van der Waals surface area contributed by atoms with Crippen molar-refractivity contribution in [2.75, 3.05) is 19.5 Å². The van der Waals surface area contributed by atoms with Gasteiger partial charge in [0.05, 0.1) is 38.3 Å². The van der Waals surface area contributed by atoms with Gasteiger partial charge in [-0.2, -0.15) is 8.42 Å². The summed E-state index contributed by atoms with van der Waals surface area (Å²) < 4.78 is 61.9. The zero-order valence-corrected chi connectivity index (χ0v) is 25.9. The lowest BCUT2D eigenvalue weighted by Crippen LogP contribution is -2.60. The molecule has 0 aliphatic carbocycles. The molecule has 0 unspecified atom stereocenters. The molecule has 1 saturated heterocycles. The van der Waals surface area contributed by atoms with Gasteiger partial charge in [0.1, 0.15) is 18.3 Å². The van der Waals surface area contributed by atoms with Crippen LogP contribution in [0.15, 0.2) is 103 Å². The van der Waals surface area contributed by atoms with Crippen LogP contribution < -0.4 is 0 Å². The average molecular weight is 621 g/mol. The van der Waals surface area contributed by atoms with E-state index >= 15 is 0 Å². The number of fused-ring (bicyclic) bond motifs is 1. The highest BCUT2D eigenvalue weighted by Gasteiger charge is 2.48. The Bertz CT molecular complexity index is 1550. The van der Waals surface area contributed by atoms with Gasteiger partial charge in [0.15, 0.2) is 6.29 Å². The summed E-state index contributed by atoms with van der Waals surface area (Å²) in [5.41, 5.74) is 2.95. The summed E-state index contributed by atoms with van der Waals surface area (Å²) in [6.45, 7) is 2.58. The maximum Gasteiger partial charge on any atom is 0.267 e. The van der Waals surface area contributed by atoms with Gasteiger partial charge in [0.2, 0.25) is 0 Å². The molecule has 0 radical (unpaired) electrons. The first-order valence-electron chi connectivity index (χ1n) is 14.9. The molecule has 5 atom stereocenters. The van der Waals surface area contributed by atoms with Crippen molar-refractivity contribution >= 4 is 20.9 Å². The van der Waals surface area contributed by atoms with Crippen LogP contribution in [0.1, 0.15) is 30.0 Å². The Kier molecular flexibility index (Phi) is 11.5. The van der Waals surface area contributed by atoms with Crippen molar-refractivity contribution in [1.29, 1.82) is 0 Å². The second kappa shape index (κ2) is 15.7. The Morgan fingerprint density at radius 3 is 1.86 bits per heavy atom. The largest absolute Gasteiger partial charge is 0.368 e. The third kappa shape index (κ3) is 8.73. The molecule has 0 bridgehead atoms.